The van der Waals surface area contributed by atoms with E-state index < -0.39 is 5.97 Å². The van der Waals surface area contributed by atoms with Crippen molar-refractivity contribution in [3.63, 3.8) is 0 Å². The largest absolute Gasteiger partial charge is 0.493 e. The Morgan fingerprint density at radius 2 is 1.95 bits per heavy atom. The number of carbonyl (C=O) groups excluding carboxylic acids is 1. The second kappa shape index (κ2) is 5.72. The summed E-state index contributed by atoms with van der Waals surface area (Å²) in [5.74, 6) is 0.201. The smallest absolute Gasteiger partial charge is 0.356 e. The lowest BCUT2D eigenvalue weighted by molar-refractivity contribution is 0.0594. The van der Waals surface area contributed by atoms with E-state index in [1.165, 1.54) is 12.7 Å². The first-order chi connectivity index (χ1) is 9.86. The van der Waals surface area contributed by atoms with Gasteiger partial charge in [0.2, 0.25) is 0 Å². The molecule has 112 valence electrons. The zero-order chi connectivity index (χ0) is 15.6. The van der Waals surface area contributed by atoms with E-state index in [1.807, 2.05) is 19.1 Å². The van der Waals surface area contributed by atoms with E-state index in [9.17, 15) is 4.79 Å². The summed E-state index contributed by atoms with van der Waals surface area (Å²) in [4.78, 5) is 16.1. The predicted octanol–water partition coefficient (Wildman–Crippen LogP) is 3.72. The first kappa shape index (κ1) is 15.3. The number of hydrogen-bond acceptors (Lipinski definition) is 4. The fraction of sp³-hybridized carbons (Fsp3) is 0.412. The number of nitrogens with zero attached hydrogens (tertiary/aromatic N) is 1. The molecule has 0 N–H and O–H groups in total. The Balaban J connectivity index is 2.67. The summed E-state index contributed by atoms with van der Waals surface area (Å²) in [6.45, 7) is 8.91. The van der Waals surface area contributed by atoms with Crippen LogP contribution in [0.15, 0.2) is 24.3 Å². The van der Waals surface area contributed by atoms with Crippen LogP contribution in [0, 0.1) is 0 Å². The number of pyridine rings is 1. The molecule has 4 nitrogen and oxygen atoms in total. The van der Waals surface area contributed by atoms with Gasteiger partial charge in [-0.25, -0.2) is 9.78 Å². The van der Waals surface area contributed by atoms with Crippen molar-refractivity contribution in [1.29, 1.82) is 0 Å². The minimum atomic E-state index is -0.460. The van der Waals surface area contributed by atoms with Crippen LogP contribution in [0.3, 0.4) is 0 Å². The quantitative estimate of drug-likeness (QED) is 0.807. The highest BCUT2D eigenvalue weighted by atomic mass is 16.5. The molecule has 0 unspecified atom stereocenters. The second-order valence-electron chi connectivity index (χ2n) is 5.91. The maximum Gasteiger partial charge on any atom is 0.356 e. The summed E-state index contributed by atoms with van der Waals surface area (Å²) >= 11 is 0. The molecular formula is C17H21NO3. The van der Waals surface area contributed by atoms with Crippen LogP contribution < -0.4 is 4.74 Å². The third-order valence-electron chi connectivity index (χ3n) is 3.33. The van der Waals surface area contributed by atoms with Gasteiger partial charge in [-0.3, -0.25) is 0 Å². The first-order valence-electron chi connectivity index (χ1n) is 7.03. The van der Waals surface area contributed by atoms with Crippen LogP contribution >= 0.6 is 0 Å². The highest BCUT2D eigenvalue weighted by Crippen LogP contribution is 2.31. The van der Waals surface area contributed by atoms with E-state index in [0.717, 1.165) is 10.9 Å². The number of rotatable bonds is 3. The van der Waals surface area contributed by atoms with Crippen molar-refractivity contribution >= 4 is 16.9 Å². The summed E-state index contributed by atoms with van der Waals surface area (Å²) in [5, 5.41) is 0.914. The number of methoxy groups -OCH3 is 1. The van der Waals surface area contributed by atoms with Crippen molar-refractivity contribution in [2.45, 2.75) is 33.1 Å². The van der Waals surface area contributed by atoms with Gasteiger partial charge in [-0.2, -0.15) is 0 Å². The molecule has 0 bridgehead atoms. The van der Waals surface area contributed by atoms with Gasteiger partial charge < -0.3 is 9.47 Å². The number of esters is 1. The normalized spacial score (nSPS) is 11.5. The van der Waals surface area contributed by atoms with Crippen LogP contribution in [0.4, 0.5) is 0 Å². The molecule has 2 aromatic rings. The fourth-order valence-corrected chi connectivity index (χ4v) is 2.15. The van der Waals surface area contributed by atoms with Gasteiger partial charge >= 0.3 is 5.97 Å². The zero-order valence-corrected chi connectivity index (χ0v) is 13.2. The molecule has 1 heterocycles. The van der Waals surface area contributed by atoms with Crippen LogP contribution in [-0.2, 0) is 10.2 Å². The molecule has 4 heteroatoms. The summed E-state index contributed by atoms with van der Waals surface area (Å²) < 4.78 is 10.4. The average Bonchev–Trinajstić information content (AvgIpc) is 2.45. The molecule has 0 spiro atoms. The summed E-state index contributed by atoms with van der Waals surface area (Å²) in [7, 11) is 1.34. The number of carbonyl (C=O) groups is 1. The van der Waals surface area contributed by atoms with Crippen molar-refractivity contribution in [1.82, 2.24) is 4.98 Å². The third-order valence-corrected chi connectivity index (χ3v) is 3.33. The number of ether oxygens (including phenoxy) is 2. The molecule has 0 amide bonds. The molecule has 21 heavy (non-hydrogen) atoms. The van der Waals surface area contributed by atoms with Gasteiger partial charge in [0, 0.05) is 11.5 Å². The Bertz CT molecular complexity index is 672. The van der Waals surface area contributed by atoms with Crippen LogP contribution in [0.25, 0.3) is 10.9 Å². The predicted molar refractivity (Wildman–Crippen MR) is 83.0 cm³/mol. The SMILES string of the molecule is CCOc1cc(C(=O)OC)nc2ccc(C(C)(C)C)cc12. The standard InChI is InChI=1S/C17H21NO3/c1-6-21-15-10-14(16(19)20-5)18-13-8-7-11(9-12(13)15)17(2,3)4/h7-10H,6H2,1-5H3. The molecule has 0 saturated heterocycles. The van der Waals surface area contributed by atoms with Crippen molar-refractivity contribution in [3.8, 4) is 5.75 Å². The van der Waals surface area contributed by atoms with E-state index in [-0.39, 0.29) is 11.1 Å². The van der Waals surface area contributed by atoms with Crippen LogP contribution in [0.1, 0.15) is 43.7 Å². The molecule has 0 aliphatic rings. The first-order valence-corrected chi connectivity index (χ1v) is 7.03. The fourth-order valence-electron chi connectivity index (χ4n) is 2.15. The van der Waals surface area contributed by atoms with Crippen molar-refractivity contribution in [3.05, 3.63) is 35.5 Å². The minimum absolute atomic E-state index is 0.0404. The van der Waals surface area contributed by atoms with Crippen molar-refractivity contribution < 1.29 is 14.3 Å². The molecule has 1 aromatic heterocycles. The number of fused-ring (bicyclic) bond motifs is 1. The molecule has 0 atom stereocenters. The third kappa shape index (κ3) is 3.15. The van der Waals surface area contributed by atoms with E-state index in [0.29, 0.717) is 12.4 Å². The monoisotopic (exact) mass is 287 g/mol. The number of benzene rings is 1. The summed E-state index contributed by atoms with van der Waals surface area (Å²) in [6.07, 6.45) is 0. The second-order valence-corrected chi connectivity index (χ2v) is 5.91. The van der Waals surface area contributed by atoms with E-state index in [4.69, 9.17) is 9.47 Å². The maximum atomic E-state index is 11.7. The van der Waals surface area contributed by atoms with E-state index >= 15 is 0 Å². The van der Waals surface area contributed by atoms with Crippen LogP contribution in [0.5, 0.6) is 5.75 Å². The Labute approximate surface area is 125 Å². The Morgan fingerprint density at radius 1 is 1.24 bits per heavy atom. The molecule has 0 saturated carbocycles. The zero-order valence-electron chi connectivity index (χ0n) is 13.2. The Morgan fingerprint density at radius 3 is 2.52 bits per heavy atom. The number of aromatic nitrogens is 1. The van der Waals surface area contributed by atoms with Gasteiger partial charge in [0.15, 0.2) is 5.69 Å². The minimum Gasteiger partial charge on any atom is -0.493 e. The highest BCUT2D eigenvalue weighted by molar-refractivity contribution is 5.94. The van der Waals surface area contributed by atoms with Crippen molar-refractivity contribution in [2.75, 3.05) is 13.7 Å². The van der Waals surface area contributed by atoms with Gasteiger partial charge in [-0.05, 0) is 30.0 Å². The van der Waals surface area contributed by atoms with Crippen LogP contribution in [-0.4, -0.2) is 24.7 Å². The lowest BCUT2D eigenvalue weighted by Crippen LogP contribution is -2.11. The molecule has 0 aliphatic carbocycles. The van der Waals surface area contributed by atoms with E-state index in [2.05, 4.69) is 31.8 Å². The van der Waals surface area contributed by atoms with Gasteiger partial charge in [0.1, 0.15) is 5.75 Å². The molecular weight excluding hydrogens is 266 g/mol. The van der Waals surface area contributed by atoms with Gasteiger partial charge in [0.25, 0.3) is 0 Å². The Hall–Kier alpha value is -2.10. The van der Waals surface area contributed by atoms with E-state index in [1.54, 1.807) is 6.07 Å². The highest BCUT2D eigenvalue weighted by Gasteiger charge is 2.17. The Kier molecular flexibility index (Phi) is 4.16. The summed E-state index contributed by atoms with van der Waals surface area (Å²) in [6, 6.07) is 7.68. The van der Waals surface area contributed by atoms with Gasteiger partial charge in [0.05, 0.1) is 19.2 Å². The molecule has 0 aliphatic heterocycles. The maximum absolute atomic E-state index is 11.7. The molecule has 0 radical (unpaired) electrons. The van der Waals surface area contributed by atoms with Gasteiger partial charge in [-0.15, -0.1) is 0 Å². The van der Waals surface area contributed by atoms with Crippen molar-refractivity contribution in [2.24, 2.45) is 0 Å². The lowest BCUT2D eigenvalue weighted by Gasteiger charge is -2.20. The molecule has 1 aromatic carbocycles. The summed E-state index contributed by atoms with van der Waals surface area (Å²) in [5.41, 5.74) is 2.23. The number of hydrogen-bond donors (Lipinski definition) is 0. The van der Waals surface area contributed by atoms with Gasteiger partial charge in [-0.1, -0.05) is 26.8 Å². The molecule has 2 rings (SSSR count). The topological polar surface area (TPSA) is 48.4 Å². The molecule has 0 fully saturated rings. The lowest BCUT2D eigenvalue weighted by atomic mass is 9.86. The average molecular weight is 287 g/mol. The van der Waals surface area contributed by atoms with Crippen LogP contribution in [0.2, 0.25) is 0 Å².